The van der Waals surface area contributed by atoms with Gasteiger partial charge in [-0.05, 0) is 66.1 Å². The summed E-state index contributed by atoms with van der Waals surface area (Å²) in [6.07, 6.45) is -0.300. The molecule has 0 atom stereocenters. The fraction of sp³-hybridized carbons (Fsp3) is 0.174. The third-order valence-corrected chi connectivity index (χ3v) is 6.22. The summed E-state index contributed by atoms with van der Waals surface area (Å²) in [4.78, 5) is 11.2. The molecule has 30 heavy (non-hydrogen) atoms. The minimum absolute atomic E-state index is 0.0121. The van der Waals surface area contributed by atoms with Crippen LogP contribution in [0.3, 0.4) is 0 Å². The fourth-order valence-electron chi connectivity index (χ4n) is 3.07. The van der Waals surface area contributed by atoms with Crippen LogP contribution in [0.15, 0.2) is 76.5 Å². The molecule has 0 saturated carbocycles. The number of carboxylic acid groups (broad SMARTS) is 1. The summed E-state index contributed by atoms with van der Waals surface area (Å²) in [7, 11) is -2.47. The van der Waals surface area contributed by atoms with E-state index in [0.29, 0.717) is 12.2 Å². The molecule has 7 heteroatoms. The van der Waals surface area contributed by atoms with E-state index >= 15 is 0 Å². The second-order valence-corrected chi connectivity index (χ2v) is 8.53. The first-order valence-corrected chi connectivity index (χ1v) is 10.8. The number of carboxylic acids is 1. The largest absolute Gasteiger partial charge is 0.497 e. The first-order chi connectivity index (χ1) is 14.3. The highest BCUT2D eigenvalue weighted by Gasteiger charge is 2.20. The normalized spacial score (nSPS) is 11.1. The lowest BCUT2D eigenvalue weighted by Crippen LogP contribution is -2.06. The van der Waals surface area contributed by atoms with Crippen LogP contribution >= 0.6 is 0 Å². The zero-order chi connectivity index (χ0) is 21.7. The van der Waals surface area contributed by atoms with Gasteiger partial charge in [0.1, 0.15) is 11.5 Å². The monoisotopic (exact) mass is 426 g/mol. The fourth-order valence-corrected chi connectivity index (χ4v) is 4.46. The van der Waals surface area contributed by atoms with E-state index in [-0.39, 0.29) is 22.0 Å². The molecule has 0 saturated heterocycles. The smallest absolute Gasteiger partial charge is 0.307 e. The Morgan fingerprint density at radius 2 is 1.63 bits per heavy atom. The van der Waals surface area contributed by atoms with Crippen LogP contribution in [-0.2, 0) is 21.1 Å². The summed E-state index contributed by atoms with van der Waals surface area (Å²) in [5.74, 6) is -0.0218. The molecule has 0 heterocycles. The van der Waals surface area contributed by atoms with Crippen LogP contribution in [0.25, 0.3) is 11.1 Å². The van der Waals surface area contributed by atoms with Crippen LogP contribution in [-0.4, -0.2) is 33.2 Å². The number of ether oxygens (including phenoxy) is 2. The Balaban J connectivity index is 2.01. The van der Waals surface area contributed by atoms with E-state index in [1.54, 1.807) is 12.1 Å². The summed E-state index contributed by atoms with van der Waals surface area (Å²) in [6, 6.07) is 18.3. The van der Waals surface area contributed by atoms with Gasteiger partial charge < -0.3 is 14.6 Å². The number of aliphatic carboxylic acids is 1. The molecule has 1 N–H and O–H groups in total. The SMILES string of the molecule is CCOc1ccc(-c2cccc(S(=O)(=O)c3cc(CC(=O)O)cc(OC)c3)c2)cc1. The van der Waals surface area contributed by atoms with Gasteiger partial charge in [-0.3, -0.25) is 4.79 Å². The summed E-state index contributed by atoms with van der Waals surface area (Å²) < 4.78 is 37.1. The molecule has 0 aliphatic heterocycles. The zero-order valence-corrected chi connectivity index (χ0v) is 17.5. The van der Waals surface area contributed by atoms with Crippen molar-refractivity contribution in [3.63, 3.8) is 0 Å². The molecule has 0 unspecified atom stereocenters. The Morgan fingerprint density at radius 1 is 0.900 bits per heavy atom. The van der Waals surface area contributed by atoms with E-state index in [1.807, 2.05) is 37.3 Å². The maximum atomic E-state index is 13.2. The van der Waals surface area contributed by atoms with Crippen LogP contribution < -0.4 is 9.47 Å². The first-order valence-electron chi connectivity index (χ1n) is 9.31. The zero-order valence-electron chi connectivity index (χ0n) is 16.7. The number of hydrogen-bond donors (Lipinski definition) is 1. The van der Waals surface area contributed by atoms with Gasteiger partial charge in [-0.2, -0.15) is 0 Å². The maximum absolute atomic E-state index is 13.2. The number of rotatable bonds is 8. The van der Waals surface area contributed by atoms with E-state index in [0.717, 1.165) is 16.9 Å². The van der Waals surface area contributed by atoms with Crippen molar-refractivity contribution in [1.82, 2.24) is 0 Å². The van der Waals surface area contributed by atoms with Crippen LogP contribution in [0, 0.1) is 0 Å². The number of benzene rings is 3. The molecule has 6 nitrogen and oxygen atoms in total. The van der Waals surface area contributed by atoms with Crippen LogP contribution in [0.4, 0.5) is 0 Å². The van der Waals surface area contributed by atoms with Crippen LogP contribution in [0.2, 0.25) is 0 Å². The molecule has 3 rings (SSSR count). The highest BCUT2D eigenvalue weighted by molar-refractivity contribution is 7.91. The molecule has 0 aliphatic rings. The van der Waals surface area contributed by atoms with Gasteiger partial charge in [-0.1, -0.05) is 24.3 Å². The Bertz CT molecular complexity index is 1150. The van der Waals surface area contributed by atoms with Crippen molar-refractivity contribution in [2.75, 3.05) is 13.7 Å². The second kappa shape index (κ2) is 9.00. The van der Waals surface area contributed by atoms with Gasteiger partial charge in [0.05, 0.1) is 29.9 Å². The predicted molar refractivity (Wildman–Crippen MR) is 113 cm³/mol. The van der Waals surface area contributed by atoms with Gasteiger partial charge in [0.15, 0.2) is 0 Å². The van der Waals surface area contributed by atoms with E-state index in [9.17, 15) is 13.2 Å². The lowest BCUT2D eigenvalue weighted by Gasteiger charge is -2.11. The molecular weight excluding hydrogens is 404 g/mol. The van der Waals surface area contributed by atoms with Gasteiger partial charge in [0.25, 0.3) is 0 Å². The Morgan fingerprint density at radius 3 is 2.27 bits per heavy atom. The topological polar surface area (TPSA) is 89.9 Å². The van der Waals surface area contributed by atoms with Crippen molar-refractivity contribution < 1.29 is 27.8 Å². The standard InChI is InChI=1S/C23H22O6S/c1-3-29-19-9-7-17(8-10-19)18-5-4-6-21(14-18)30(26,27)22-12-16(13-23(24)25)11-20(15-22)28-2/h4-12,14-15H,3,13H2,1-2H3,(H,24,25). The lowest BCUT2D eigenvalue weighted by atomic mass is 10.1. The summed E-state index contributed by atoms with van der Waals surface area (Å²) in [5.41, 5.74) is 1.95. The Hall–Kier alpha value is -3.32. The van der Waals surface area contributed by atoms with Crippen LogP contribution in [0.1, 0.15) is 12.5 Å². The molecule has 156 valence electrons. The van der Waals surface area contributed by atoms with E-state index in [4.69, 9.17) is 14.6 Å². The molecule has 0 radical (unpaired) electrons. The molecule has 3 aromatic carbocycles. The average Bonchev–Trinajstić information content (AvgIpc) is 2.74. The van der Waals surface area contributed by atoms with Crippen molar-refractivity contribution in [2.24, 2.45) is 0 Å². The second-order valence-electron chi connectivity index (χ2n) is 6.58. The maximum Gasteiger partial charge on any atom is 0.307 e. The molecular formula is C23H22O6S. The van der Waals surface area contributed by atoms with Crippen LogP contribution in [0.5, 0.6) is 11.5 Å². The summed E-state index contributed by atoms with van der Waals surface area (Å²) >= 11 is 0. The number of sulfone groups is 1. The van der Waals surface area contributed by atoms with Crippen molar-refractivity contribution in [3.8, 4) is 22.6 Å². The molecule has 0 fully saturated rings. The molecule has 0 bridgehead atoms. The third-order valence-electron chi connectivity index (χ3n) is 4.48. The van der Waals surface area contributed by atoms with E-state index < -0.39 is 15.8 Å². The molecule has 0 amide bonds. The minimum Gasteiger partial charge on any atom is -0.497 e. The van der Waals surface area contributed by atoms with E-state index in [2.05, 4.69) is 0 Å². The minimum atomic E-state index is -3.87. The quantitative estimate of drug-likeness (QED) is 0.580. The lowest BCUT2D eigenvalue weighted by molar-refractivity contribution is -0.136. The molecule has 3 aromatic rings. The Labute approximate surface area is 175 Å². The third kappa shape index (κ3) is 4.80. The Kier molecular flexibility index (Phi) is 6.42. The highest BCUT2D eigenvalue weighted by atomic mass is 32.2. The van der Waals surface area contributed by atoms with Gasteiger partial charge in [0.2, 0.25) is 9.84 Å². The van der Waals surface area contributed by atoms with Gasteiger partial charge >= 0.3 is 5.97 Å². The molecule has 0 spiro atoms. The van der Waals surface area contributed by atoms with Gasteiger partial charge in [-0.25, -0.2) is 8.42 Å². The van der Waals surface area contributed by atoms with E-state index in [1.165, 1.54) is 31.4 Å². The molecule has 0 aromatic heterocycles. The molecule has 0 aliphatic carbocycles. The highest BCUT2D eigenvalue weighted by Crippen LogP contribution is 2.30. The predicted octanol–water partition coefficient (Wildman–Crippen LogP) is 4.22. The van der Waals surface area contributed by atoms with Crippen molar-refractivity contribution >= 4 is 15.8 Å². The van der Waals surface area contributed by atoms with Crippen molar-refractivity contribution in [3.05, 3.63) is 72.3 Å². The van der Waals surface area contributed by atoms with Crippen molar-refractivity contribution in [2.45, 2.75) is 23.1 Å². The number of methoxy groups -OCH3 is 1. The number of carbonyl (C=O) groups is 1. The first kappa shape index (κ1) is 21.4. The summed E-state index contributed by atoms with van der Waals surface area (Å²) in [5, 5.41) is 9.06. The van der Waals surface area contributed by atoms with Crippen molar-refractivity contribution in [1.29, 1.82) is 0 Å². The average molecular weight is 426 g/mol. The van der Waals surface area contributed by atoms with Gasteiger partial charge in [0, 0.05) is 0 Å². The number of hydrogen-bond acceptors (Lipinski definition) is 5. The van der Waals surface area contributed by atoms with Gasteiger partial charge in [-0.15, -0.1) is 0 Å². The summed E-state index contributed by atoms with van der Waals surface area (Å²) in [6.45, 7) is 2.47.